The Morgan fingerprint density at radius 2 is 2.14 bits per heavy atom. The van der Waals surface area contributed by atoms with E-state index in [0.29, 0.717) is 18.0 Å². The molecule has 2 N–H and O–H groups in total. The minimum Gasteiger partial charge on any atom is -0.357 e. The molecule has 2 saturated heterocycles. The lowest BCUT2D eigenvalue weighted by molar-refractivity contribution is -0.129. The molecule has 3 rings (SSSR count). The SMILES string of the molecule is CCNC(=NCCC(=O)N1CCCC1)NC1CCN(c2ncccc2Cl)C1.I. The molecule has 9 heteroatoms. The molecule has 0 bridgehead atoms. The average molecular weight is 521 g/mol. The fraction of sp³-hybridized carbons (Fsp3) is 0.632. The van der Waals surface area contributed by atoms with Gasteiger partial charge in [0.2, 0.25) is 5.91 Å². The molecule has 1 aromatic heterocycles. The third kappa shape index (κ3) is 6.37. The molecule has 1 unspecified atom stereocenters. The van der Waals surface area contributed by atoms with Crippen molar-refractivity contribution in [3.63, 3.8) is 0 Å². The molecule has 156 valence electrons. The molecule has 1 aromatic rings. The molecule has 0 aliphatic carbocycles. The molecular weight excluding hydrogens is 491 g/mol. The molecule has 1 amide bonds. The Bertz CT molecular complexity index is 668. The van der Waals surface area contributed by atoms with Crippen molar-refractivity contribution in [2.75, 3.05) is 44.2 Å². The van der Waals surface area contributed by atoms with Crippen LogP contribution in [-0.2, 0) is 4.79 Å². The maximum atomic E-state index is 12.2. The molecule has 28 heavy (non-hydrogen) atoms. The maximum Gasteiger partial charge on any atom is 0.224 e. The van der Waals surface area contributed by atoms with Crippen molar-refractivity contribution < 1.29 is 4.79 Å². The first-order chi connectivity index (χ1) is 13.2. The second-order valence-corrected chi connectivity index (χ2v) is 7.39. The third-order valence-corrected chi connectivity index (χ3v) is 5.26. The van der Waals surface area contributed by atoms with Gasteiger partial charge in [-0.05, 0) is 38.3 Å². The smallest absolute Gasteiger partial charge is 0.224 e. The van der Waals surface area contributed by atoms with E-state index in [9.17, 15) is 4.79 Å². The maximum absolute atomic E-state index is 12.2. The molecule has 2 fully saturated rings. The molecular formula is C19H30ClIN6O. The molecule has 0 saturated carbocycles. The highest BCUT2D eigenvalue weighted by Gasteiger charge is 2.25. The summed E-state index contributed by atoms with van der Waals surface area (Å²) in [6.45, 7) is 6.86. The standard InChI is InChI=1S/C19H29ClN6O.HI/c1-2-21-19(23-10-7-17(27)25-11-3-4-12-25)24-15-8-13-26(14-15)18-16(20)6-5-9-22-18;/h5-6,9,15H,2-4,7-8,10-14H2,1H3,(H2,21,23,24);1H. The zero-order chi connectivity index (χ0) is 19.1. The number of amides is 1. The molecule has 0 radical (unpaired) electrons. The number of aromatic nitrogens is 1. The lowest BCUT2D eigenvalue weighted by atomic mass is 10.3. The second kappa shape index (κ2) is 11.6. The van der Waals surface area contributed by atoms with E-state index in [2.05, 4.69) is 25.5 Å². The van der Waals surface area contributed by atoms with Crippen molar-refractivity contribution in [2.24, 2.45) is 4.99 Å². The predicted molar refractivity (Wildman–Crippen MR) is 125 cm³/mol. The summed E-state index contributed by atoms with van der Waals surface area (Å²) in [5.74, 6) is 1.82. The number of nitrogens with zero attached hydrogens (tertiary/aromatic N) is 4. The van der Waals surface area contributed by atoms with Gasteiger partial charge in [0, 0.05) is 51.4 Å². The molecule has 3 heterocycles. The number of aliphatic imine (C=N–C) groups is 1. The van der Waals surface area contributed by atoms with Crippen molar-refractivity contribution >= 4 is 53.3 Å². The normalized spacial score (nSPS) is 19.5. The number of guanidine groups is 1. The summed E-state index contributed by atoms with van der Waals surface area (Å²) in [6.07, 6.45) is 5.47. The van der Waals surface area contributed by atoms with Crippen LogP contribution < -0.4 is 15.5 Å². The third-order valence-electron chi connectivity index (χ3n) is 4.97. The van der Waals surface area contributed by atoms with Crippen molar-refractivity contribution in [2.45, 2.75) is 38.6 Å². The summed E-state index contributed by atoms with van der Waals surface area (Å²) in [7, 11) is 0. The number of hydrogen-bond donors (Lipinski definition) is 2. The Morgan fingerprint density at radius 3 is 2.86 bits per heavy atom. The lowest BCUT2D eigenvalue weighted by Crippen LogP contribution is -2.44. The summed E-state index contributed by atoms with van der Waals surface area (Å²) in [5.41, 5.74) is 0. The molecule has 0 aromatic carbocycles. The van der Waals surface area contributed by atoms with E-state index in [1.54, 1.807) is 6.20 Å². The van der Waals surface area contributed by atoms with E-state index in [1.807, 2.05) is 24.0 Å². The monoisotopic (exact) mass is 520 g/mol. The van der Waals surface area contributed by atoms with Gasteiger partial charge in [0.25, 0.3) is 0 Å². The van der Waals surface area contributed by atoms with Crippen molar-refractivity contribution in [3.8, 4) is 0 Å². The first kappa shape index (κ1) is 23.0. The van der Waals surface area contributed by atoms with Gasteiger partial charge in [-0.1, -0.05) is 11.6 Å². The Kier molecular flexibility index (Phi) is 9.57. The van der Waals surface area contributed by atoms with Crippen LogP contribution >= 0.6 is 35.6 Å². The van der Waals surface area contributed by atoms with Gasteiger partial charge in [-0.15, -0.1) is 24.0 Å². The van der Waals surface area contributed by atoms with E-state index in [0.717, 1.165) is 63.8 Å². The zero-order valence-electron chi connectivity index (χ0n) is 16.4. The van der Waals surface area contributed by atoms with E-state index in [1.165, 1.54) is 0 Å². The number of rotatable bonds is 6. The molecule has 2 aliphatic rings. The number of anilines is 1. The molecule has 7 nitrogen and oxygen atoms in total. The van der Waals surface area contributed by atoms with Crippen LogP contribution in [0.5, 0.6) is 0 Å². The highest BCUT2D eigenvalue weighted by molar-refractivity contribution is 14.0. The van der Waals surface area contributed by atoms with Gasteiger partial charge < -0.3 is 20.4 Å². The fourth-order valence-corrected chi connectivity index (χ4v) is 3.82. The minimum absolute atomic E-state index is 0. The Morgan fingerprint density at radius 1 is 1.36 bits per heavy atom. The van der Waals surface area contributed by atoms with Crippen LogP contribution in [0.25, 0.3) is 0 Å². The van der Waals surface area contributed by atoms with Gasteiger partial charge in [0.05, 0.1) is 11.6 Å². The number of carbonyl (C=O) groups excluding carboxylic acids is 1. The van der Waals surface area contributed by atoms with Crippen molar-refractivity contribution in [3.05, 3.63) is 23.4 Å². The fourth-order valence-electron chi connectivity index (χ4n) is 3.58. The Labute approximate surface area is 189 Å². The quantitative estimate of drug-likeness (QED) is 0.343. The van der Waals surface area contributed by atoms with Crippen LogP contribution in [0.4, 0.5) is 5.82 Å². The van der Waals surface area contributed by atoms with Gasteiger partial charge in [-0.25, -0.2) is 4.98 Å². The topological polar surface area (TPSA) is 72.9 Å². The summed E-state index contributed by atoms with van der Waals surface area (Å²) in [6, 6.07) is 3.99. The summed E-state index contributed by atoms with van der Waals surface area (Å²) in [5, 5.41) is 7.43. The number of nitrogens with one attached hydrogen (secondary N) is 2. The number of halogens is 2. The van der Waals surface area contributed by atoms with Crippen LogP contribution in [-0.4, -0.2) is 67.1 Å². The van der Waals surface area contributed by atoms with E-state index in [4.69, 9.17) is 11.6 Å². The van der Waals surface area contributed by atoms with Gasteiger partial charge in [0.1, 0.15) is 5.82 Å². The zero-order valence-corrected chi connectivity index (χ0v) is 19.5. The van der Waals surface area contributed by atoms with Crippen LogP contribution in [0.15, 0.2) is 23.3 Å². The number of carbonyl (C=O) groups is 1. The average Bonchev–Trinajstić information content (AvgIpc) is 3.34. The summed E-state index contributed by atoms with van der Waals surface area (Å²) in [4.78, 5) is 25.3. The van der Waals surface area contributed by atoms with Crippen LogP contribution in [0.1, 0.15) is 32.6 Å². The number of likely N-dealkylation sites (tertiary alicyclic amines) is 1. The number of pyridine rings is 1. The van der Waals surface area contributed by atoms with Gasteiger partial charge in [-0.3, -0.25) is 9.79 Å². The second-order valence-electron chi connectivity index (χ2n) is 6.98. The van der Waals surface area contributed by atoms with Crippen LogP contribution in [0.3, 0.4) is 0 Å². The largest absolute Gasteiger partial charge is 0.357 e. The minimum atomic E-state index is 0. The van der Waals surface area contributed by atoms with Crippen LogP contribution in [0, 0.1) is 0 Å². The van der Waals surface area contributed by atoms with Gasteiger partial charge >= 0.3 is 0 Å². The lowest BCUT2D eigenvalue weighted by Gasteiger charge is -2.20. The molecule has 0 spiro atoms. The van der Waals surface area contributed by atoms with Gasteiger partial charge in [-0.2, -0.15) is 0 Å². The van der Waals surface area contributed by atoms with E-state index < -0.39 is 0 Å². The highest BCUT2D eigenvalue weighted by Crippen LogP contribution is 2.25. The summed E-state index contributed by atoms with van der Waals surface area (Å²) >= 11 is 6.26. The Balaban J connectivity index is 0.00000280. The highest BCUT2D eigenvalue weighted by atomic mass is 127. The van der Waals surface area contributed by atoms with E-state index >= 15 is 0 Å². The predicted octanol–water partition coefficient (Wildman–Crippen LogP) is 2.50. The molecule has 2 aliphatic heterocycles. The van der Waals surface area contributed by atoms with Gasteiger partial charge in [0.15, 0.2) is 5.96 Å². The summed E-state index contributed by atoms with van der Waals surface area (Å²) < 4.78 is 0. The number of hydrogen-bond acceptors (Lipinski definition) is 4. The first-order valence-corrected chi connectivity index (χ1v) is 10.2. The first-order valence-electron chi connectivity index (χ1n) is 9.85. The van der Waals surface area contributed by atoms with E-state index in [-0.39, 0.29) is 35.9 Å². The molecule has 1 atom stereocenters. The Hall–Kier alpha value is -1.29. The van der Waals surface area contributed by atoms with Crippen molar-refractivity contribution in [1.82, 2.24) is 20.5 Å². The van der Waals surface area contributed by atoms with Crippen LogP contribution in [0.2, 0.25) is 5.02 Å². The van der Waals surface area contributed by atoms with Crippen molar-refractivity contribution in [1.29, 1.82) is 0 Å².